The summed E-state index contributed by atoms with van der Waals surface area (Å²) in [6, 6.07) is 3.97. The van der Waals surface area contributed by atoms with E-state index in [0.29, 0.717) is 6.61 Å². The minimum atomic E-state index is -0.170. The lowest BCUT2D eigenvalue weighted by molar-refractivity contribution is -0.148. The Morgan fingerprint density at radius 2 is 1.76 bits per heavy atom. The lowest BCUT2D eigenvalue weighted by Crippen LogP contribution is -2.11. The lowest BCUT2D eigenvalue weighted by atomic mass is 10.1. The third-order valence-corrected chi connectivity index (χ3v) is 2.58. The summed E-state index contributed by atoms with van der Waals surface area (Å²) >= 11 is 0. The van der Waals surface area contributed by atoms with Gasteiger partial charge in [-0.2, -0.15) is 0 Å². The van der Waals surface area contributed by atoms with Crippen molar-refractivity contribution in [1.82, 2.24) is 0 Å². The molecule has 94 valence electrons. The highest BCUT2D eigenvalue weighted by atomic mass is 16.5. The summed E-state index contributed by atoms with van der Waals surface area (Å²) in [6.45, 7) is 7.95. The van der Waals surface area contributed by atoms with Crippen molar-refractivity contribution in [3.8, 4) is 5.75 Å². The quantitative estimate of drug-likeness (QED) is 0.754. The van der Waals surface area contributed by atoms with Crippen LogP contribution in [0.25, 0.3) is 0 Å². The first-order valence-electron chi connectivity index (χ1n) is 5.76. The summed E-state index contributed by atoms with van der Waals surface area (Å²) in [5, 5.41) is 0. The van der Waals surface area contributed by atoms with Gasteiger partial charge in [0, 0.05) is 0 Å². The van der Waals surface area contributed by atoms with Crippen molar-refractivity contribution in [1.29, 1.82) is 0 Å². The Morgan fingerprint density at radius 1 is 1.24 bits per heavy atom. The van der Waals surface area contributed by atoms with Crippen LogP contribution >= 0.6 is 0 Å². The van der Waals surface area contributed by atoms with Crippen molar-refractivity contribution < 1.29 is 14.3 Å². The minimum Gasteiger partial charge on any atom is -0.496 e. The second-order valence-electron chi connectivity index (χ2n) is 4.53. The summed E-state index contributed by atoms with van der Waals surface area (Å²) in [7, 11) is 1.66. The van der Waals surface area contributed by atoms with Gasteiger partial charge in [-0.1, -0.05) is 13.8 Å². The Labute approximate surface area is 103 Å². The first-order chi connectivity index (χ1) is 7.95. The first-order valence-corrected chi connectivity index (χ1v) is 5.76. The maximum Gasteiger partial charge on any atom is 0.308 e. The SMILES string of the molecule is COc1c(C)cc(COC(=O)C(C)C)cc1C. The predicted molar refractivity (Wildman–Crippen MR) is 67.1 cm³/mol. The summed E-state index contributed by atoms with van der Waals surface area (Å²) in [6.07, 6.45) is 0. The highest BCUT2D eigenvalue weighted by molar-refractivity contribution is 5.71. The molecule has 17 heavy (non-hydrogen) atoms. The van der Waals surface area contributed by atoms with E-state index in [2.05, 4.69) is 0 Å². The number of carbonyl (C=O) groups excluding carboxylic acids is 1. The van der Waals surface area contributed by atoms with Gasteiger partial charge in [-0.05, 0) is 42.7 Å². The van der Waals surface area contributed by atoms with Gasteiger partial charge in [0.25, 0.3) is 0 Å². The van der Waals surface area contributed by atoms with E-state index in [1.54, 1.807) is 7.11 Å². The van der Waals surface area contributed by atoms with Crippen LogP contribution in [0.4, 0.5) is 0 Å². The average molecular weight is 236 g/mol. The number of ether oxygens (including phenoxy) is 2. The van der Waals surface area contributed by atoms with Gasteiger partial charge < -0.3 is 9.47 Å². The van der Waals surface area contributed by atoms with Crippen LogP contribution in [-0.4, -0.2) is 13.1 Å². The molecule has 0 N–H and O–H groups in total. The Hall–Kier alpha value is -1.51. The summed E-state index contributed by atoms with van der Waals surface area (Å²) in [5.74, 6) is 0.635. The number of carbonyl (C=O) groups is 1. The highest BCUT2D eigenvalue weighted by Crippen LogP contribution is 2.24. The largest absolute Gasteiger partial charge is 0.496 e. The Morgan fingerprint density at radius 3 is 2.18 bits per heavy atom. The molecule has 0 aliphatic rings. The fourth-order valence-corrected chi connectivity index (χ4v) is 1.77. The molecule has 0 saturated carbocycles. The molecular formula is C14H20O3. The molecule has 0 aliphatic heterocycles. The molecule has 0 bridgehead atoms. The first kappa shape index (κ1) is 13.6. The molecular weight excluding hydrogens is 216 g/mol. The van der Waals surface area contributed by atoms with Crippen LogP contribution in [0, 0.1) is 19.8 Å². The molecule has 0 heterocycles. The molecule has 3 nitrogen and oxygen atoms in total. The van der Waals surface area contributed by atoms with Crippen LogP contribution in [0.15, 0.2) is 12.1 Å². The maximum absolute atomic E-state index is 11.4. The van der Waals surface area contributed by atoms with Crippen LogP contribution in [0.2, 0.25) is 0 Å². The molecule has 0 saturated heterocycles. The number of hydrogen-bond acceptors (Lipinski definition) is 3. The fourth-order valence-electron chi connectivity index (χ4n) is 1.77. The van der Waals surface area contributed by atoms with E-state index in [-0.39, 0.29) is 11.9 Å². The van der Waals surface area contributed by atoms with Gasteiger partial charge >= 0.3 is 5.97 Å². The molecule has 0 aromatic heterocycles. The lowest BCUT2D eigenvalue weighted by Gasteiger charge is -2.12. The van der Waals surface area contributed by atoms with Crippen molar-refractivity contribution in [2.75, 3.05) is 7.11 Å². The fraction of sp³-hybridized carbons (Fsp3) is 0.500. The van der Waals surface area contributed by atoms with Crippen LogP contribution < -0.4 is 4.74 Å². The van der Waals surface area contributed by atoms with Gasteiger partial charge in [-0.25, -0.2) is 0 Å². The second kappa shape index (κ2) is 5.71. The van der Waals surface area contributed by atoms with Gasteiger partial charge in [-0.15, -0.1) is 0 Å². The number of rotatable bonds is 4. The molecule has 0 aliphatic carbocycles. The molecule has 0 radical (unpaired) electrons. The molecule has 3 heteroatoms. The maximum atomic E-state index is 11.4. The van der Waals surface area contributed by atoms with Crippen LogP contribution in [-0.2, 0) is 16.1 Å². The van der Waals surface area contributed by atoms with Gasteiger partial charge in [0.2, 0.25) is 0 Å². The smallest absolute Gasteiger partial charge is 0.308 e. The van der Waals surface area contributed by atoms with Crippen molar-refractivity contribution in [2.45, 2.75) is 34.3 Å². The topological polar surface area (TPSA) is 35.5 Å². The van der Waals surface area contributed by atoms with Crippen molar-refractivity contribution in [2.24, 2.45) is 5.92 Å². The zero-order valence-corrected chi connectivity index (χ0v) is 11.2. The molecule has 0 fully saturated rings. The number of hydrogen-bond donors (Lipinski definition) is 0. The number of benzene rings is 1. The highest BCUT2D eigenvalue weighted by Gasteiger charge is 2.10. The normalized spacial score (nSPS) is 10.5. The van der Waals surface area contributed by atoms with Gasteiger partial charge in [0.05, 0.1) is 13.0 Å². The van der Waals surface area contributed by atoms with Crippen LogP contribution in [0.3, 0.4) is 0 Å². The molecule has 0 amide bonds. The Balaban J connectivity index is 2.77. The van der Waals surface area contributed by atoms with E-state index in [1.165, 1.54) is 0 Å². The second-order valence-corrected chi connectivity index (χ2v) is 4.53. The van der Waals surface area contributed by atoms with E-state index < -0.39 is 0 Å². The summed E-state index contributed by atoms with van der Waals surface area (Å²) in [5.41, 5.74) is 3.11. The third kappa shape index (κ3) is 3.48. The third-order valence-electron chi connectivity index (χ3n) is 2.58. The summed E-state index contributed by atoms with van der Waals surface area (Å²) in [4.78, 5) is 11.4. The van der Waals surface area contributed by atoms with E-state index in [9.17, 15) is 4.79 Å². The average Bonchev–Trinajstić information content (AvgIpc) is 2.25. The molecule has 1 aromatic rings. The zero-order chi connectivity index (χ0) is 13.0. The van der Waals surface area contributed by atoms with Crippen molar-refractivity contribution in [3.63, 3.8) is 0 Å². The van der Waals surface area contributed by atoms with Gasteiger partial charge in [0.1, 0.15) is 12.4 Å². The predicted octanol–water partition coefficient (Wildman–Crippen LogP) is 3.01. The van der Waals surface area contributed by atoms with E-state index in [1.807, 2.05) is 39.8 Å². The molecule has 1 rings (SSSR count). The Bertz CT molecular complexity index is 385. The van der Waals surface area contributed by atoms with E-state index in [4.69, 9.17) is 9.47 Å². The monoisotopic (exact) mass is 236 g/mol. The van der Waals surface area contributed by atoms with Crippen molar-refractivity contribution in [3.05, 3.63) is 28.8 Å². The van der Waals surface area contributed by atoms with Crippen LogP contribution in [0.1, 0.15) is 30.5 Å². The minimum absolute atomic E-state index is 0.0876. The van der Waals surface area contributed by atoms with Gasteiger partial charge in [0.15, 0.2) is 0 Å². The molecule has 0 spiro atoms. The number of esters is 1. The molecule has 0 atom stereocenters. The number of methoxy groups -OCH3 is 1. The van der Waals surface area contributed by atoms with Gasteiger partial charge in [-0.3, -0.25) is 4.79 Å². The Kier molecular flexibility index (Phi) is 4.55. The standard InChI is InChI=1S/C14H20O3/c1-9(2)14(15)17-8-12-6-10(3)13(16-5)11(4)7-12/h6-7,9H,8H2,1-5H3. The van der Waals surface area contributed by atoms with E-state index in [0.717, 1.165) is 22.4 Å². The van der Waals surface area contributed by atoms with Crippen molar-refractivity contribution >= 4 is 5.97 Å². The molecule has 0 unspecified atom stereocenters. The number of aryl methyl sites for hydroxylation is 2. The van der Waals surface area contributed by atoms with Crippen LogP contribution in [0.5, 0.6) is 5.75 Å². The van der Waals surface area contributed by atoms with E-state index >= 15 is 0 Å². The molecule has 1 aromatic carbocycles. The zero-order valence-electron chi connectivity index (χ0n) is 11.2. The summed E-state index contributed by atoms with van der Waals surface area (Å²) < 4.78 is 10.5.